The third kappa shape index (κ3) is 2.50. The Morgan fingerprint density at radius 1 is 0.913 bits per heavy atom. The quantitative estimate of drug-likeness (QED) is 0.868. The largest absolute Gasteiger partial charge is 0.376 e. The highest BCUT2D eigenvalue weighted by Crippen LogP contribution is 2.33. The van der Waals surface area contributed by atoms with Gasteiger partial charge in [-0.3, -0.25) is 14.5 Å². The van der Waals surface area contributed by atoms with E-state index in [4.69, 9.17) is 0 Å². The highest BCUT2D eigenvalue weighted by atomic mass is 16.2. The summed E-state index contributed by atoms with van der Waals surface area (Å²) in [6.45, 7) is 0.392. The molecule has 1 saturated heterocycles. The third-order valence-electron chi connectivity index (χ3n) is 4.68. The highest BCUT2D eigenvalue weighted by Gasteiger charge is 2.32. The van der Waals surface area contributed by atoms with Gasteiger partial charge in [0.05, 0.1) is 12.6 Å². The molecule has 4 nitrogen and oxygen atoms in total. The molecule has 1 fully saturated rings. The first kappa shape index (κ1) is 14.0. The summed E-state index contributed by atoms with van der Waals surface area (Å²) in [5.74, 6) is -0.126. The van der Waals surface area contributed by atoms with Crippen molar-refractivity contribution in [2.75, 3.05) is 11.9 Å². The molecule has 2 amide bonds. The first-order chi connectivity index (χ1) is 11.2. The summed E-state index contributed by atoms with van der Waals surface area (Å²) in [6, 6.07) is 16.4. The molecule has 0 aromatic heterocycles. The van der Waals surface area contributed by atoms with Gasteiger partial charge in [-0.15, -0.1) is 0 Å². The van der Waals surface area contributed by atoms with Crippen LogP contribution in [0, 0.1) is 0 Å². The van der Waals surface area contributed by atoms with E-state index in [9.17, 15) is 9.59 Å². The van der Waals surface area contributed by atoms with E-state index in [0.29, 0.717) is 19.4 Å². The monoisotopic (exact) mass is 306 g/mol. The summed E-state index contributed by atoms with van der Waals surface area (Å²) in [5, 5.41) is 3.54. The second-order valence-corrected chi connectivity index (χ2v) is 6.13. The van der Waals surface area contributed by atoms with E-state index in [-0.39, 0.29) is 17.9 Å². The SMILES string of the molecule is O=C1CCC(=O)N1CC1Nc2ccccc2Cc2ccccc21. The van der Waals surface area contributed by atoms with E-state index in [2.05, 4.69) is 29.6 Å². The van der Waals surface area contributed by atoms with E-state index < -0.39 is 0 Å². The van der Waals surface area contributed by atoms with Crippen LogP contribution in [-0.2, 0) is 16.0 Å². The maximum Gasteiger partial charge on any atom is 0.229 e. The molecule has 23 heavy (non-hydrogen) atoms. The van der Waals surface area contributed by atoms with Crippen molar-refractivity contribution in [3.05, 3.63) is 65.2 Å². The zero-order valence-corrected chi connectivity index (χ0v) is 12.8. The Hall–Kier alpha value is -2.62. The number of anilines is 1. The first-order valence-corrected chi connectivity index (χ1v) is 7.98. The standard InChI is InChI=1S/C19H18N2O2/c22-18-9-10-19(23)21(18)12-17-15-7-3-1-5-13(15)11-14-6-2-4-8-16(14)20-17/h1-8,17,20H,9-12H2. The number of rotatable bonds is 2. The van der Waals surface area contributed by atoms with Gasteiger partial charge in [0.15, 0.2) is 0 Å². The fraction of sp³-hybridized carbons (Fsp3) is 0.263. The predicted octanol–water partition coefficient (Wildman–Crippen LogP) is 2.89. The van der Waals surface area contributed by atoms with Crippen molar-refractivity contribution in [3.8, 4) is 0 Å². The van der Waals surface area contributed by atoms with E-state index in [1.165, 1.54) is 16.0 Å². The minimum atomic E-state index is -0.0687. The average molecular weight is 306 g/mol. The zero-order valence-electron chi connectivity index (χ0n) is 12.8. The van der Waals surface area contributed by atoms with Crippen LogP contribution < -0.4 is 5.32 Å². The van der Waals surface area contributed by atoms with Crippen molar-refractivity contribution < 1.29 is 9.59 Å². The van der Waals surface area contributed by atoms with Crippen molar-refractivity contribution in [1.82, 2.24) is 4.90 Å². The van der Waals surface area contributed by atoms with Crippen LogP contribution in [0.3, 0.4) is 0 Å². The first-order valence-electron chi connectivity index (χ1n) is 7.98. The number of carbonyl (C=O) groups is 2. The number of amides is 2. The Kier molecular flexibility index (Phi) is 3.37. The smallest absolute Gasteiger partial charge is 0.229 e. The topological polar surface area (TPSA) is 49.4 Å². The second kappa shape index (κ2) is 5.54. The summed E-state index contributed by atoms with van der Waals surface area (Å²) in [5.41, 5.74) is 4.72. The van der Waals surface area contributed by atoms with Crippen molar-refractivity contribution in [2.45, 2.75) is 25.3 Å². The number of imide groups is 1. The number of para-hydroxylation sites is 1. The van der Waals surface area contributed by atoms with Crippen LogP contribution in [0.15, 0.2) is 48.5 Å². The van der Waals surface area contributed by atoms with Crippen molar-refractivity contribution in [2.24, 2.45) is 0 Å². The van der Waals surface area contributed by atoms with Gasteiger partial charge in [0.2, 0.25) is 11.8 Å². The zero-order chi connectivity index (χ0) is 15.8. The van der Waals surface area contributed by atoms with Gasteiger partial charge in [-0.05, 0) is 29.2 Å². The molecule has 2 aromatic carbocycles. The normalized spacial score (nSPS) is 19.8. The molecule has 0 saturated carbocycles. The molecule has 0 spiro atoms. The van der Waals surface area contributed by atoms with Crippen LogP contribution in [0.4, 0.5) is 5.69 Å². The third-order valence-corrected chi connectivity index (χ3v) is 4.68. The van der Waals surface area contributed by atoms with Gasteiger partial charge in [0.1, 0.15) is 0 Å². The van der Waals surface area contributed by atoms with Crippen LogP contribution in [0.5, 0.6) is 0 Å². The number of carbonyl (C=O) groups excluding carboxylic acids is 2. The van der Waals surface area contributed by atoms with Crippen molar-refractivity contribution in [1.29, 1.82) is 0 Å². The lowest BCUT2D eigenvalue weighted by atomic mass is 9.97. The number of benzene rings is 2. The molecular formula is C19H18N2O2. The Morgan fingerprint density at radius 3 is 2.35 bits per heavy atom. The summed E-state index contributed by atoms with van der Waals surface area (Å²) in [6.07, 6.45) is 1.53. The molecule has 2 aliphatic heterocycles. The van der Waals surface area contributed by atoms with E-state index in [1.54, 1.807) is 0 Å². The van der Waals surface area contributed by atoms with Crippen LogP contribution >= 0.6 is 0 Å². The van der Waals surface area contributed by atoms with Gasteiger partial charge in [0, 0.05) is 18.5 Å². The van der Waals surface area contributed by atoms with Gasteiger partial charge in [0.25, 0.3) is 0 Å². The van der Waals surface area contributed by atoms with Gasteiger partial charge in [-0.2, -0.15) is 0 Å². The fourth-order valence-corrected chi connectivity index (χ4v) is 3.47. The Balaban J connectivity index is 1.73. The maximum atomic E-state index is 12.0. The molecule has 1 N–H and O–H groups in total. The molecule has 4 rings (SSSR count). The van der Waals surface area contributed by atoms with E-state index >= 15 is 0 Å². The van der Waals surface area contributed by atoms with Gasteiger partial charge in [-0.25, -0.2) is 0 Å². The van der Waals surface area contributed by atoms with E-state index in [1.807, 2.05) is 24.3 Å². The number of hydrogen-bond donors (Lipinski definition) is 1. The molecule has 0 radical (unpaired) electrons. The summed E-state index contributed by atoms with van der Waals surface area (Å²) in [7, 11) is 0. The van der Waals surface area contributed by atoms with Crippen molar-refractivity contribution >= 4 is 17.5 Å². The average Bonchev–Trinajstić information content (AvgIpc) is 2.80. The molecule has 2 aromatic rings. The van der Waals surface area contributed by atoms with Crippen LogP contribution in [0.1, 0.15) is 35.6 Å². The molecule has 116 valence electrons. The summed E-state index contributed by atoms with van der Waals surface area (Å²) in [4.78, 5) is 25.4. The minimum absolute atomic E-state index is 0.0631. The molecule has 0 aliphatic carbocycles. The molecule has 0 bridgehead atoms. The lowest BCUT2D eigenvalue weighted by Gasteiger charge is -2.25. The molecule has 2 aliphatic rings. The molecule has 4 heteroatoms. The van der Waals surface area contributed by atoms with Crippen LogP contribution in [-0.4, -0.2) is 23.3 Å². The Bertz CT molecular complexity index is 768. The van der Waals surface area contributed by atoms with Crippen LogP contribution in [0.2, 0.25) is 0 Å². The maximum absolute atomic E-state index is 12.0. The number of hydrogen-bond acceptors (Lipinski definition) is 3. The lowest BCUT2D eigenvalue weighted by Crippen LogP contribution is -2.35. The number of likely N-dealkylation sites (tertiary alicyclic amines) is 1. The fourth-order valence-electron chi connectivity index (χ4n) is 3.47. The predicted molar refractivity (Wildman–Crippen MR) is 88.0 cm³/mol. The van der Waals surface area contributed by atoms with Gasteiger partial charge < -0.3 is 5.32 Å². The number of nitrogens with one attached hydrogen (secondary N) is 1. The summed E-state index contributed by atoms with van der Waals surface area (Å²) >= 11 is 0. The van der Waals surface area contributed by atoms with Gasteiger partial charge >= 0.3 is 0 Å². The summed E-state index contributed by atoms with van der Waals surface area (Å²) < 4.78 is 0. The lowest BCUT2D eigenvalue weighted by molar-refractivity contribution is -0.138. The molecule has 1 unspecified atom stereocenters. The minimum Gasteiger partial charge on any atom is -0.376 e. The molecule has 2 heterocycles. The molecular weight excluding hydrogens is 288 g/mol. The molecule has 1 atom stereocenters. The Morgan fingerprint density at radius 2 is 1.57 bits per heavy atom. The highest BCUT2D eigenvalue weighted by molar-refractivity contribution is 6.02. The second-order valence-electron chi connectivity index (χ2n) is 6.13. The van der Waals surface area contributed by atoms with Crippen LogP contribution in [0.25, 0.3) is 0 Å². The van der Waals surface area contributed by atoms with Crippen molar-refractivity contribution in [3.63, 3.8) is 0 Å². The number of nitrogens with zero attached hydrogens (tertiary/aromatic N) is 1. The van der Waals surface area contributed by atoms with Gasteiger partial charge in [-0.1, -0.05) is 42.5 Å². The number of fused-ring (bicyclic) bond motifs is 2. The van der Waals surface area contributed by atoms with E-state index in [0.717, 1.165) is 17.7 Å². The Labute approximate surface area is 135 Å².